The Morgan fingerprint density at radius 1 is 0.389 bits per heavy atom. The minimum Gasteiger partial charge on any atom is -0.310 e. The van der Waals surface area contributed by atoms with Gasteiger partial charge in [0.1, 0.15) is 0 Å². The molecule has 1 aliphatic carbocycles. The lowest BCUT2D eigenvalue weighted by Crippen LogP contribution is -2.16. The second kappa shape index (κ2) is 13.8. The molecule has 260 valence electrons. The lowest BCUT2D eigenvalue weighted by Gasteiger charge is -2.28. The van der Waals surface area contributed by atoms with E-state index in [0.717, 1.165) is 23.5 Å². The van der Waals surface area contributed by atoms with Crippen LogP contribution in [0.15, 0.2) is 194 Å². The number of nitrogens with zero attached hydrogens (tertiary/aromatic N) is 1. The topological polar surface area (TPSA) is 3.24 Å². The van der Waals surface area contributed by atoms with Crippen molar-refractivity contribution in [2.45, 2.75) is 32.6 Å². The Morgan fingerprint density at radius 3 is 1.59 bits per heavy atom. The van der Waals surface area contributed by atoms with Gasteiger partial charge in [0, 0.05) is 22.5 Å². The van der Waals surface area contributed by atoms with Gasteiger partial charge in [-0.05, 0) is 128 Å². The fourth-order valence-corrected chi connectivity index (χ4v) is 8.37. The fraction of sp³-hybridized carbons (Fsp3) is 0.0943. The molecule has 0 spiro atoms. The Hall–Kier alpha value is -6.44. The van der Waals surface area contributed by atoms with Crippen LogP contribution in [0.4, 0.5) is 17.1 Å². The monoisotopic (exact) mass is 693 g/mol. The Morgan fingerprint density at radius 2 is 0.907 bits per heavy atom. The Kier molecular flexibility index (Phi) is 8.56. The molecule has 0 bridgehead atoms. The highest BCUT2D eigenvalue weighted by Crippen LogP contribution is 2.50. The SMILES string of the molecule is Cc1ccccc1-c1cc(-c2ccc(N(c3ccc(-c4ccccc4)cc3)c3ccc4c(c3)C(C)(C)c3ccccc3-4)cc2)ccc1Cc1ccccc1. The molecule has 8 aromatic rings. The van der Waals surface area contributed by atoms with Crippen LogP contribution in [-0.4, -0.2) is 0 Å². The predicted molar refractivity (Wildman–Crippen MR) is 229 cm³/mol. The van der Waals surface area contributed by atoms with Crippen molar-refractivity contribution in [2.75, 3.05) is 4.90 Å². The average Bonchev–Trinajstić information content (AvgIpc) is 3.45. The molecule has 0 aromatic heterocycles. The van der Waals surface area contributed by atoms with Gasteiger partial charge in [0.15, 0.2) is 0 Å². The van der Waals surface area contributed by atoms with Crippen LogP contribution in [0.25, 0.3) is 44.5 Å². The normalized spacial score (nSPS) is 12.6. The number of benzene rings is 8. The number of rotatable bonds is 8. The van der Waals surface area contributed by atoms with Crippen LogP contribution in [0, 0.1) is 6.92 Å². The maximum absolute atomic E-state index is 2.41. The van der Waals surface area contributed by atoms with Gasteiger partial charge in [-0.2, -0.15) is 0 Å². The van der Waals surface area contributed by atoms with Gasteiger partial charge in [0.05, 0.1) is 0 Å². The largest absolute Gasteiger partial charge is 0.310 e. The molecule has 0 heterocycles. The van der Waals surface area contributed by atoms with Crippen LogP contribution in [-0.2, 0) is 11.8 Å². The molecule has 54 heavy (non-hydrogen) atoms. The van der Waals surface area contributed by atoms with Gasteiger partial charge in [-0.15, -0.1) is 0 Å². The summed E-state index contributed by atoms with van der Waals surface area (Å²) in [6.45, 7) is 6.92. The first kappa shape index (κ1) is 33.4. The van der Waals surface area contributed by atoms with Crippen molar-refractivity contribution in [3.05, 3.63) is 222 Å². The van der Waals surface area contributed by atoms with E-state index in [0.29, 0.717) is 0 Å². The molecule has 0 fully saturated rings. The van der Waals surface area contributed by atoms with E-state index >= 15 is 0 Å². The predicted octanol–water partition coefficient (Wildman–Crippen LogP) is 14.4. The molecule has 9 rings (SSSR count). The zero-order valence-corrected chi connectivity index (χ0v) is 31.1. The highest BCUT2D eigenvalue weighted by atomic mass is 15.1. The van der Waals surface area contributed by atoms with E-state index in [4.69, 9.17) is 0 Å². The maximum Gasteiger partial charge on any atom is 0.0465 e. The van der Waals surface area contributed by atoms with Crippen LogP contribution in [0.5, 0.6) is 0 Å². The van der Waals surface area contributed by atoms with E-state index < -0.39 is 0 Å². The lowest BCUT2D eigenvalue weighted by molar-refractivity contribution is 0.660. The summed E-state index contributed by atoms with van der Waals surface area (Å²) in [7, 11) is 0. The Labute approximate surface area is 319 Å². The molecule has 1 nitrogen and oxygen atoms in total. The van der Waals surface area contributed by atoms with E-state index in [1.807, 2.05) is 0 Å². The molecule has 0 saturated heterocycles. The first-order chi connectivity index (χ1) is 26.4. The van der Waals surface area contributed by atoms with Crippen LogP contribution < -0.4 is 4.90 Å². The number of anilines is 3. The van der Waals surface area contributed by atoms with Crippen molar-refractivity contribution in [1.82, 2.24) is 0 Å². The summed E-state index contributed by atoms with van der Waals surface area (Å²) in [4.78, 5) is 2.40. The zero-order chi connectivity index (χ0) is 36.6. The fourth-order valence-electron chi connectivity index (χ4n) is 8.37. The van der Waals surface area contributed by atoms with E-state index in [-0.39, 0.29) is 5.41 Å². The van der Waals surface area contributed by atoms with Gasteiger partial charge in [-0.3, -0.25) is 0 Å². The van der Waals surface area contributed by atoms with Gasteiger partial charge in [0.25, 0.3) is 0 Å². The van der Waals surface area contributed by atoms with Gasteiger partial charge in [-0.1, -0.05) is 166 Å². The minimum absolute atomic E-state index is 0.0872. The van der Waals surface area contributed by atoms with Crippen LogP contribution >= 0.6 is 0 Å². The average molecular weight is 694 g/mol. The summed E-state index contributed by atoms with van der Waals surface area (Å²) in [5, 5.41) is 0. The Balaban J connectivity index is 1.12. The molecule has 0 saturated carbocycles. The number of hydrogen-bond acceptors (Lipinski definition) is 1. The van der Waals surface area contributed by atoms with Gasteiger partial charge in [-0.25, -0.2) is 0 Å². The molecule has 0 aliphatic heterocycles. The summed E-state index contributed by atoms with van der Waals surface area (Å²) >= 11 is 0. The van der Waals surface area contributed by atoms with Gasteiger partial charge >= 0.3 is 0 Å². The zero-order valence-electron chi connectivity index (χ0n) is 31.1. The Bertz CT molecular complexity index is 2580. The molecule has 0 atom stereocenters. The molecular weight excluding hydrogens is 651 g/mol. The summed E-state index contributed by atoms with van der Waals surface area (Å²) < 4.78 is 0. The first-order valence-electron chi connectivity index (χ1n) is 19.0. The van der Waals surface area contributed by atoms with E-state index in [9.17, 15) is 0 Å². The van der Waals surface area contributed by atoms with Crippen LogP contribution in [0.2, 0.25) is 0 Å². The quantitative estimate of drug-likeness (QED) is 0.153. The standard InChI is InChI=1S/C53H43N/c1-37-14-10-11-19-47(37)50-35-42(22-23-43(50)34-38-15-6-4-7-16-38)41-26-30-45(31-27-41)54(44-28-24-40(25-29-44)39-17-8-5-9-18-39)46-32-33-49-48-20-12-13-21-51(48)53(2,3)52(49)36-46/h4-33,35-36H,34H2,1-3H3. The van der Waals surface area contributed by atoms with Gasteiger partial charge < -0.3 is 4.90 Å². The third-order valence-corrected chi connectivity index (χ3v) is 11.3. The van der Waals surface area contributed by atoms with Crippen LogP contribution in [0.3, 0.4) is 0 Å². The molecule has 0 unspecified atom stereocenters. The summed E-state index contributed by atoms with van der Waals surface area (Å²) in [5.74, 6) is 0. The second-order valence-corrected chi connectivity index (χ2v) is 15.0. The van der Waals surface area contributed by atoms with Crippen molar-refractivity contribution < 1.29 is 0 Å². The van der Waals surface area contributed by atoms with Gasteiger partial charge in [0.2, 0.25) is 0 Å². The van der Waals surface area contributed by atoms with Crippen molar-refractivity contribution in [3.63, 3.8) is 0 Å². The maximum atomic E-state index is 2.41. The van der Waals surface area contributed by atoms with E-state index in [1.165, 1.54) is 72.3 Å². The summed E-state index contributed by atoms with van der Waals surface area (Å²) in [6, 6.07) is 71.1. The van der Waals surface area contributed by atoms with Crippen LogP contribution in [0.1, 0.15) is 41.7 Å². The third-order valence-electron chi connectivity index (χ3n) is 11.3. The number of fused-ring (bicyclic) bond motifs is 3. The molecule has 1 aliphatic rings. The summed E-state index contributed by atoms with van der Waals surface area (Å²) in [6.07, 6.45) is 0.893. The third kappa shape index (κ3) is 6.12. The smallest absolute Gasteiger partial charge is 0.0465 e. The molecule has 0 radical (unpaired) electrons. The molecule has 8 aromatic carbocycles. The van der Waals surface area contributed by atoms with Crippen molar-refractivity contribution >= 4 is 17.1 Å². The first-order valence-corrected chi connectivity index (χ1v) is 19.0. The number of aryl methyl sites for hydroxylation is 1. The molecule has 0 amide bonds. The van der Waals surface area contributed by atoms with E-state index in [1.54, 1.807) is 0 Å². The highest BCUT2D eigenvalue weighted by Gasteiger charge is 2.35. The molecule has 1 heteroatoms. The van der Waals surface area contributed by atoms with Crippen molar-refractivity contribution in [2.24, 2.45) is 0 Å². The van der Waals surface area contributed by atoms with Crippen molar-refractivity contribution in [1.29, 1.82) is 0 Å². The molecule has 0 N–H and O–H groups in total. The second-order valence-electron chi connectivity index (χ2n) is 15.0. The minimum atomic E-state index is -0.0872. The lowest BCUT2D eigenvalue weighted by atomic mass is 9.82. The molecular formula is C53H43N. The van der Waals surface area contributed by atoms with E-state index in [2.05, 4.69) is 220 Å². The van der Waals surface area contributed by atoms with Crippen molar-refractivity contribution in [3.8, 4) is 44.5 Å². The highest BCUT2D eigenvalue weighted by molar-refractivity contribution is 5.87. The number of hydrogen-bond donors (Lipinski definition) is 0. The summed E-state index contributed by atoms with van der Waals surface area (Å²) in [5.41, 5.74) is 20.1.